The standard InChI is InChI=1S/C16H12N2O4S/c1-8-14(9(2)19)23-16(18-8)17-7-11-13(20)10-5-3-4-6-12(10)22-15(11)21/h3-7,20H,1-2H3. The number of aryl methyl sites for hydroxylation is 1. The SMILES string of the molecule is CC(=O)c1sc(N=Cc2c(O)c3ccccc3oc2=O)nc1C. The highest BCUT2D eigenvalue weighted by atomic mass is 32.1. The van der Waals surface area contributed by atoms with Crippen molar-refractivity contribution in [3.63, 3.8) is 0 Å². The summed E-state index contributed by atoms with van der Waals surface area (Å²) in [6.07, 6.45) is 1.20. The van der Waals surface area contributed by atoms with Crippen molar-refractivity contribution < 1.29 is 14.3 Å². The predicted octanol–water partition coefficient (Wildman–Crippen LogP) is 3.22. The van der Waals surface area contributed by atoms with Crippen LogP contribution in [0, 0.1) is 6.92 Å². The van der Waals surface area contributed by atoms with Gasteiger partial charge < -0.3 is 9.52 Å². The first-order valence-electron chi connectivity index (χ1n) is 6.74. The molecule has 1 aromatic carbocycles. The van der Waals surface area contributed by atoms with Gasteiger partial charge in [0, 0.05) is 13.1 Å². The molecule has 0 saturated heterocycles. The largest absolute Gasteiger partial charge is 0.506 e. The van der Waals surface area contributed by atoms with Crippen LogP contribution < -0.4 is 5.63 Å². The molecule has 0 spiro atoms. The van der Waals surface area contributed by atoms with E-state index in [9.17, 15) is 14.7 Å². The van der Waals surface area contributed by atoms with Gasteiger partial charge in [0.25, 0.3) is 0 Å². The lowest BCUT2D eigenvalue weighted by atomic mass is 10.1. The molecule has 3 aromatic rings. The molecule has 7 heteroatoms. The molecular formula is C16H12N2O4S. The minimum absolute atomic E-state index is 0.0547. The first-order valence-corrected chi connectivity index (χ1v) is 7.56. The summed E-state index contributed by atoms with van der Waals surface area (Å²) in [6, 6.07) is 6.68. The molecule has 0 amide bonds. The summed E-state index contributed by atoms with van der Waals surface area (Å²) in [6.45, 7) is 3.17. The van der Waals surface area contributed by atoms with Crippen LogP contribution in [0.15, 0.2) is 38.5 Å². The minimum atomic E-state index is -0.690. The van der Waals surface area contributed by atoms with Gasteiger partial charge in [-0.2, -0.15) is 0 Å². The van der Waals surface area contributed by atoms with Crippen molar-refractivity contribution in [2.45, 2.75) is 13.8 Å². The molecule has 0 saturated carbocycles. The fraction of sp³-hybridized carbons (Fsp3) is 0.125. The lowest BCUT2D eigenvalue weighted by molar-refractivity contribution is 0.102. The second-order valence-electron chi connectivity index (χ2n) is 4.87. The number of Topliss-reactive ketones (excluding diaryl/α,β-unsaturated/α-hetero) is 1. The number of nitrogens with zero attached hydrogens (tertiary/aromatic N) is 2. The summed E-state index contributed by atoms with van der Waals surface area (Å²) in [4.78, 5) is 32.1. The molecule has 0 fully saturated rings. The summed E-state index contributed by atoms with van der Waals surface area (Å²) < 4.78 is 5.15. The Kier molecular flexibility index (Phi) is 3.79. The van der Waals surface area contributed by atoms with E-state index in [1.54, 1.807) is 31.2 Å². The molecule has 23 heavy (non-hydrogen) atoms. The number of aromatic nitrogens is 1. The van der Waals surface area contributed by atoms with E-state index in [0.29, 0.717) is 26.7 Å². The monoisotopic (exact) mass is 328 g/mol. The van der Waals surface area contributed by atoms with Gasteiger partial charge in [0.2, 0.25) is 5.13 Å². The van der Waals surface area contributed by atoms with Crippen LogP contribution in [0.1, 0.15) is 27.9 Å². The summed E-state index contributed by atoms with van der Waals surface area (Å²) >= 11 is 1.13. The lowest BCUT2D eigenvalue weighted by Crippen LogP contribution is -2.06. The van der Waals surface area contributed by atoms with Crippen molar-refractivity contribution >= 4 is 39.4 Å². The zero-order chi connectivity index (χ0) is 16.6. The quantitative estimate of drug-likeness (QED) is 0.453. The number of thiazole rings is 1. The first kappa shape index (κ1) is 15.1. The van der Waals surface area contributed by atoms with Crippen LogP contribution in [0.4, 0.5) is 5.13 Å². The second kappa shape index (κ2) is 5.77. The Labute approximate surface area is 134 Å². The third-order valence-electron chi connectivity index (χ3n) is 3.23. The smallest absolute Gasteiger partial charge is 0.348 e. The summed E-state index contributed by atoms with van der Waals surface area (Å²) in [5.74, 6) is -0.282. The molecule has 0 aliphatic heterocycles. The van der Waals surface area contributed by atoms with E-state index in [1.165, 1.54) is 13.1 Å². The van der Waals surface area contributed by atoms with Gasteiger partial charge in [0.15, 0.2) is 5.78 Å². The summed E-state index contributed by atoms with van der Waals surface area (Å²) in [7, 11) is 0. The van der Waals surface area contributed by atoms with Gasteiger partial charge in [-0.3, -0.25) is 4.79 Å². The zero-order valence-electron chi connectivity index (χ0n) is 12.4. The van der Waals surface area contributed by atoms with Crippen LogP contribution >= 0.6 is 11.3 Å². The second-order valence-corrected chi connectivity index (χ2v) is 5.85. The fourth-order valence-electron chi connectivity index (χ4n) is 2.15. The Hall–Kier alpha value is -2.80. The van der Waals surface area contributed by atoms with Crippen LogP contribution in [0.3, 0.4) is 0 Å². The van der Waals surface area contributed by atoms with Gasteiger partial charge in [-0.15, -0.1) is 0 Å². The van der Waals surface area contributed by atoms with E-state index in [1.807, 2.05) is 0 Å². The van der Waals surface area contributed by atoms with Crippen molar-refractivity contribution in [1.29, 1.82) is 0 Å². The molecule has 0 unspecified atom stereocenters. The van der Waals surface area contributed by atoms with E-state index in [-0.39, 0.29) is 17.1 Å². The maximum absolute atomic E-state index is 12.0. The normalized spacial score (nSPS) is 11.4. The van der Waals surface area contributed by atoms with E-state index < -0.39 is 5.63 Å². The first-order chi connectivity index (χ1) is 11.0. The van der Waals surface area contributed by atoms with E-state index in [2.05, 4.69) is 9.98 Å². The molecule has 0 radical (unpaired) electrons. The molecule has 0 atom stereocenters. The van der Waals surface area contributed by atoms with Crippen molar-refractivity contribution in [1.82, 2.24) is 4.98 Å². The minimum Gasteiger partial charge on any atom is -0.506 e. The number of fused-ring (bicyclic) bond motifs is 1. The average Bonchev–Trinajstić information content (AvgIpc) is 2.88. The zero-order valence-corrected chi connectivity index (χ0v) is 13.2. The van der Waals surface area contributed by atoms with Gasteiger partial charge in [-0.25, -0.2) is 14.8 Å². The number of benzene rings is 1. The molecule has 2 aromatic heterocycles. The topological polar surface area (TPSA) is 92.8 Å². The number of aromatic hydroxyl groups is 1. The molecular weight excluding hydrogens is 316 g/mol. The maximum atomic E-state index is 12.0. The molecule has 0 aliphatic carbocycles. The number of carbonyl (C=O) groups excluding carboxylic acids is 1. The third-order valence-corrected chi connectivity index (χ3v) is 4.40. The molecule has 1 N–H and O–H groups in total. The van der Waals surface area contributed by atoms with E-state index in [0.717, 1.165) is 11.3 Å². The van der Waals surface area contributed by atoms with Crippen molar-refractivity contribution in [2.24, 2.45) is 4.99 Å². The van der Waals surface area contributed by atoms with Crippen LogP contribution in [-0.2, 0) is 0 Å². The Balaban J connectivity index is 2.06. The molecule has 0 aliphatic rings. The number of rotatable bonds is 3. The van der Waals surface area contributed by atoms with Gasteiger partial charge in [0.05, 0.1) is 16.0 Å². The number of carbonyl (C=O) groups is 1. The van der Waals surface area contributed by atoms with Crippen LogP contribution in [0.2, 0.25) is 0 Å². The van der Waals surface area contributed by atoms with Crippen molar-refractivity contribution in [2.75, 3.05) is 0 Å². The highest BCUT2D eigenvalue weighted by Gasteiger charge is 2.13. The number of hydrogen-bond acceptors (Lipinski definition) is 7. The molecule has 2 heterocycles. The number of hydrogen-bond donors (Lipinski definition) is 1. The van der Waals surface area contributed by atoms with Crippen molar-refractivity contribution in [3.05, 3.63) is 50.8 Å². The highest BCUT2D eigenvalue weighted by Crippen LogP contribution is 2.27. The average molecular weight is 328 g/mol. The molecule has 6 nitrogen and oxygen atoms in total. The van der Waals surface area contributed by atoms with Crippen LogP contribution in [0.25, 0.3) is 11.0 Å². The maximum Gasteiger partial charge on any atom is 0.348 e. The van der Waals surface area contributed by atoms with Crippen LogP contribution in [0.5, 0.6) is 5.75 Å². The molecule has 3 rings (SSSR count). The summed E-state index contributed by atoms with van der Waals surface area (Å²) in [5, 5.41) is 11.0. The predicted molar refractivity (Wildman–Crippen MR) is 88.3 cm³/mol. The van der Waals surface area contributed by atoms with E-state index in [4.69, 9.17) is 4.42 Å². The number of aliphatic imine (C=N–C) groups is 1. The Morgan fingerprint density at radius 2 is 2.13 bits per heavy atom. The van der Waals surface area contributed by atoms with Gasteiger partial charge in [-0.1, -0.05) is 23.5 Å². The summed E-state index contributed by atoms with van der Waals surface area (Å²) in [5.41, 5.74) is 0.145. The third kappa shape index (κ3) is 2.78. The Bertz CT molecular complexity index is 1000. The van der Waals surface area contributed by atoms with Gasteiger partial charge in [-0.05, 0) is 19.1 Å². The molecule has 0 bridgehead atoms. The fourth-order valence-corrected chi connectivity index (χ4v) is 2.95. The number of ketones is 1. The van der Waals surface area contributed by atoms with Gasteiger partial charge >= 0.3 is 5.63 Å². The highest BCUT2D eigenvalue weighted by molar-refractivity contribution is 7.17. The lowest BCUT2D eigenvalue weighted by Gasteiger charge is -2.01. The Morgan fingerprint density at radius 1 is 1.39 bits per heavy atom. The Morgan fingerprint density at radius 3 is 2.83 bits per heavy atom. The number of para-hydroxylation sites is 1. The van der Waals surface area contributed by atoms with Gasteiger partial charge in [0.1, 0.15) is 16.9 Å². The van der Waals surface area contributed by atoms with Crippen LogP contribution in [-0.4, -0.2) is 22.1 Å². The van der Waals surface area contributed by atoms with Crippen molar-refractivity contribution in [3.8, 4) is 5.75 Å². The van der Waals surface area contributed by atoms with E-state index >= 15 is 0 Å². The molecule has 116 valence electrons.